The van der Waals surface area contributed by atoms with Crippen LogP contribution in [0.25, 0.3) is 0 Å². The standard InChI is InChI=1S/C32H59NO4/c1-24(2)13-11-21-36-29(34)31(18-15-26(5)6,19-16-27(7)8)32(23-33,20-17-28(9)10)30(35)37-22-12-14-25(3)4/h24-28H,11-22H2,1-10H3. The summed E-state index contributed by atoms with van der Waals surface area (Å²) in [6.45, 7) is 21.8. The quantitative estimate of drug-likeness (QED) is 0.118. The Bertz CT molecular complexity index is 677. The minimum Gasteiger partial charge on any atom is -0.465 e. The van der Waals surface area contributed by atoms with Crippen molar-refractivity contribution >= 4 is 11.9 Å². The van der Waals surface area contributed by atoms with Crippen LogP contribution in [0.2, 0.25) is 0 Å². The number of nitriles is 1. The molecular formula is C32H59NO4. The molecule has 1 unspecified atom stereocenters. The van der Waals surface area contributed by atoms with E-state index >= 15 is 0 Å². The fourth-order valence-electron chi connectivity index (χ4n) is 4.82. The maximum absolute atomic E-state index is 14.1. The molecule has 0 aliphatic heterocycles. The summed E-state index contributed by atoms with van der Waals surface area (Å²) in [7, 11) is 0. The van der Waals surface area contributed by atoms with Crippen molar-refractivity contribution in [2.24, 2.45) is 40.4 Å². The van der Waals surface area contributed by atoms with E-state index in [1.165, 1.54) is 0 Å². The van der Waals surface area contributed by atoms with Crippen LogP contribution in [0.4, 0.5) is 0 Å². The predicted octanol–water partition coefficient (Wildman–Crippen LogP) is 8.75. The van der Waals surface area contributed by atoms with E-state index in [1.807, 2.05) is 0 Å². The summed E-state index contributed by atoms with van der Waals surface area (Å²) in [6.07, 6.45) is 6.80. The van der Waals surface area contributed by atoms with Gasteiger partial charge in [-0.15, -0.1) is 0 Å². The maximum atomic E-state index is 14.1. The average Bonchev–Trinajstić information content (AvgIpc) is 2.80. The Hall–Kier alpha value is -1.57. The lowest BCUT2D eigenvalue weighted by Crippen LogP contribution is -2.54. The van der Waals surface area contributed by atoms with Gasteiger partial charge in [0.15, 0.2) is 5.41 Å². The number of esters is 2. The second-order valence-corrected chi connectivity index (χ2v) is 13.2. The molecule has 0 spiro atoms. The molecule has 216 valence electrons. The minimum atomic E-state index is -1.56. The van der Waals surface area contributed by atoms with Crippen molar-refractivity contribution < 1.29 is 19.1 Å². The van der Waals surface area contributed by atoms with Crippen LogP contribution in [0.5, 0.6) is 0 Å². The Morgan fingerprint density at radius 1 is 0.595 bits per heavy atom. The van der Waals surface area contributed by atoms with Crippen LogP contribution in [0, 0.1) is 51.8 Å². The Kier molecular flexibility index (Phi) is 17.1. The number of carbonyl (C=O) groups is 2. The number of ether oxygens (including phenoxy) is 2. The van der Waals surface area contributed by atoms with Crippen LogP contribution in [-0.2, 0) is 19.1 Å². The highest BCUT2D eigenvalue weighted by atomic mass is 16.5. The van der Waals surface area contributed by atoms with Gasteiger partial charge in [0.25, 0.3) is 0 Å². The molecule has 1 atom stereocenters. The normalized spacial score (nSPS) is 13.9. The fraction of sp³-hybridized carbons (Fsp3) is 0.906. The van der Waals surface area contributed by atoms with E-state index < -0.39 is 16.8 Å². The number of carbonyl (C=O) groups excluding carboxylic acids is 2. The molecule has 5 nitrogen and oxygen atoms in total. The van der Waals surface area contributed by atoms with Gasteiger partial charge in [0.05, 0.1) is 24.7 Å². The zero-order valence-corrected chi connectivity index (χ0v) is 26.0. The van der Waals surface area contributed by atoms with Gasteiger partial charge in [-0.3, -0.25) is 9.59 Å². The van der Waals surface area contributed by atoms with Gasteiger partial charge >= 0.3 is 11.9 Å². The molecule has 0 bridgehead atoms. The molecule has 0 heterocycles. The molecule has 0 saturated heterocycles. The Balaban J connectivity index is 6.58. The van der Waals surface area contributed by atoms with Crippen molar-refractivity contribution in [1.29, 1.82) is 5.26 Å². The van der Waals surface area contributed by atoms with Crippen LogP contribution < -0.4 is 0 Å². The maximum Gasteiger partial charge on any atom is 0.327 e. The van der Waals surface area contributed by atoms with E-state index in [0.29, 0.717) is 56.0 Å². The van der Waals surface area contributed by atoms with E-state index in [9.17, 15) is 14.9 Å². The SMILES string of the molecule is CC(C)CCCOC(=O)C(C#N)(CCC(C)C)C(CCC(C)C)(CCC(C)C)C(=O)OCCCC(C)C. The molecule has 0 aliphatic carbocycles. The van der Waals surface area contributed by atoms with Crippen LogP contribution in [-0.4, -0.2) is 25.2 Å². The fourth-order valence-corrected chi connectivity index (χ4v) is 4.82. The smallest absolute Gasteiger partial charge is 0.327 e. The third kappa shape index (κ3) is 12.2. The highest BCUT2D eigenvalue weighted by Crippen LogP contribution is 2.53. The van der Waals surface area contributed by atoms with Crippen molar-refractivity contribution in [3.8, 4) is 6.07 Å². The molecule has 0 fully saturated rings. The molecule has 0 N–H and O–H groups in total. The first-order valence-corrected chi connectivity index (χ1v) is 15.0. The molecular weight excluding hydrogens is 462 g/mol. The summed E-state index contributed by atoms with van der Waals surface area (Å²) >= 11 is 0. The second-order valence-electron chi connectivity index (χ2n) is 13.2. The van der Waals surface area contributed by atoms with Crippen LogP contribution in [0.3, 0.4) is 0 Å². The Labute approximate surface area is 229 Å². The zero-order valence-electron chi connectivity index (χ0n) is 26.0. The Morgan fingerprint density at radius 2 is 0.946 bits per heavy atom. The van der Waals surface area contributed by atoms with E-state index in [2.05, 4.69) is 75.3 Å². The second kappa shape index (κ2) is 17.8. The van der Waals surface area contributed by atoms with Crippen molar-refractivity contribution in [1.82, 2.24) is 0 Å². The molecule has 0 amide bonds. The van der Waals surface area contributed by atoms with E-state index in [1.54, 1.807) is 0 Å². The van der Waals surface area contributed by atoms with Crippen molar-refractivity contribution in [2.45, 2.75) is 133 Å². The zero-order chi connectivity index (χ0) is 28.6. The number of hydrogen-bond donors (Lipinski definition) is 0. The first-order chi connectivity index (χ1) is 17.2. The summed E-state index contributed by atoms with van der Waals surface area (Å²) in [5, 5.41) is 10.8. The van der Waals surface area contributed by atoms with Crippen molar-refractivity contribution in [3.05, 3.63) is 0 Å². The van der Waals surface area contributed by atoms with Gasteiger partial charge in [0, 0.05) is 0 Å². The lowest BCUT2D eigenvalue weighted by molar-refractivity contribution is -0.180. The molecule has 5 heteroatoms. The monoisotopic (exact) mass is 521 g/mol. The van der Waals surface area contributed by atoms with Gasteiger partial charge in [0.1, 0.15) is 0 Å². The van der Waals surface area contributed by atoms with E-state index in [-0.39, 0.29) is 18.5 Å². The summed E-state index contributed by atoms with van der Waals surface area (Å²) < 4.78 is 11.8. The largest absolute Gasteiger partial charge is 0.465 e. The lowest BCUT2D eigenvalue weighted by Gasteiger charge is -2.44. The van der Waals surface area contributed by atoms with Crippen LogP contribution >= 0.6 is 0 Å². The summed E-state index contributed by atoms with van der Waals surface area (Å²) in [6, 6.07) is 2.42. The summed E-state index contributed by atoms with van der Waals surface area (Å²) in [5.41, 5.74) is -2.79. The molecule has 0 aliphatic rings. The van der Waals surface area contributed by atoms with Crippen molar-refractivity contribution in [3.63, 3.8) is 0 Å². The van der Waals surface area contributed by atoms with Gasteiger partial charge in [0.2, 0.25) is 0 Å². The lowest BCUT2D eigenvalue weighted by atomic mass is 9.56. The highest BCUT2D eigenvalue weighted by Gasteiger charge is 2.62. The van der Waals surface area contributed by atoms with Gasteiger partial charge in [-0.25, -0.2) is 0 Å². The molecule has 0 saturated carbocycles. The molecule has 0 rings (SSSR count). The third-order valence-corrected chi connectivity index (χ3v) is 7.46. The number of rotatable bonds is 20. The number of nitrogens with zero attached hydrogens (tertiary/aromatic N) is 1. The Morgan fingerprint density at radius 3 is 1.30 bits per heavy atom. The van der Waals surface area contributed by atoms with Gasteiger partial charge in [-0.2, -0.15) is 5.26 Å². The first-order valence-electron chi connectivity index (χ1n) is 15.0. The average molecular weight is 522 g/mol. The van der Waals surface area contributed by atoms with E-state index in [0.717, 1.165) is 38.5 Å². The van der Waals surface area contributed by atoms with Gasteiger partial charge in [-0.1, -0.05) is 69.2 Å². The first kappa shape index (κ1) is 35.4. The minimum absolute atomic E-state index is 0.274. The number of hydrogen-bond acceptors (Lipinski definition) is 5. The van der Waals surface area contributed by atoms with Crippen LogP contribution in [0.1, 0.15) is 133 Å². The molecule has 37 heavy (non-hydrogen) atoms. The third-order valence-electron chi connectivity index (χ3n) is 7.46. The van der Waals surface area contributed by atoms with Crippen molar-refractivity contribution in [2.75, 3.05) is 13.2 Å². The van der Waals surface area contributed by atoms with Gasteiger partial charge in [-0.05, 0) is 93.8 Å². The molecule has 0 aromatic heterocycles. The predicted molar refractivity (Wildman–Crippen MR) is 153 cm³/mol. The summed E-state index contributed by atoms with van der Waals surface area (Å²) in [4.78, 5) is 28.1. The summed E-state index contributed by atoms with van der Waals surface area (Å²) in [5.74, 6) is 1.06. The van der Waals surface area contributed by atoms with Gasteiger partial charge < -0.3 is 9.47 Å². The van der Waals surface area contributed by atoms with Crippen LogP contribution in [0.15, 0.2) is 0 Å². The molecule has 0 radical (unpaired) electrons. The molecule has 0 aromatic rings. The highest BCUT2D eigenvalue weighted by molar-refractivity contribution is 5.91. The molecule has 0 aromatic carbocycles. The topological polar surface area (TPSA) is 76.4 Å². The van der Waals surface area contributed by atoms with E-state index in [4.69, 9.17) is 9.47 Å².